The first-order chi connectivity index (χ1) is 11.7. The fourth-order valence-corrected chi connectivity index (χ4v) is 2.41. The van der Waals surface area contributed by atoms with Gasteiger partial charge in [-0.25, -0.2) is 4.39 Å². The predicted octanol–water partition coefficient (Wildman–Crippen LogP) is 3.03. The summed E-state index contributed by atoms with van der Waals surface area (Å²) in [5.74, 6) is -0.608. The Balaban J connectivity index is 1.80. The molecule has 0 aliphatic rings. The third kappa shape index (κ3) is 3.48. The Morgan fingerprint density at radius 2 is 2.08 bits per heavy atom. The van der Waals surface area contributed by atoms with Gasteiger partial charge in [0.25, 0.3) is 5.91 Å². The molecule has 1 amide bonds. The first-order valence-corrected chi connectivity index (χ1v) is 7.69. The van der Waals surface area contributed by atoms with E-state index in [1.165, 1.54) is 12.1 Å². The number of hydrogen-bond donors (Lipinski definition) is 1. The van der Waals surface area contributed by atoms with Crippen LogP contribution in [0, 0.1) is 5.82 Å². The summed E-state index contributed by atoms with van der Waals surface area (Å²) in [6.45, 7) is 2.83. The van der Waals surface area contributed by atoms with E-state index in [9.17, 15) is 9.18 Å². The van der Waals surface area contributed by atoms with Crippen LogP contribution in [0.4, 0.5) is 4.39 Å². The molecule has 122 valence electrons. The van der Waals surface area contributed by atoms with Crippen molar-refractivity contribution >= 4 is 5.91 Å². The quantitative estimate of drug-likeness (QED) is 0.785. The Bertz CT molecular complexity index is 845. The number of amides is 1. The molecule has 0 unspecified atom stereocenters. The van der Waals surface area contributed by atoms with Gasteiger partial charge in [-0.3, -0.25) is 14.5 Å². The molecule has 3 rings (SSSR count). The summed E-state index contributed by atoms with van der Waals surface area (Å²) in [5.41, 5.74) is 2.46. The molecule has 0 spiro atoms. The number of nitrogens with one attached hydrogen (secondary N) is 1. The zero-order chi connectivity index (χ0) is 16.9. The first kappa shape index (κ1) is 15.9. The lowest BCUT2D eigenvalue weighted by molar-refractivity contribution is 0.0944. The summed E-state index contributed by atoms with van der Waals surface area (Å²) in [4.78, 5) is 16.5. The molecule has 0 saturated carbocycles. The van der Waals surface area contributed by atoms with E-state index in [4.69, 9.17) is 0 Å². The molecule has 24 heavy (non-hydrogen) atoms. The molecule has 2 heterocycles. The summed E-state index contributed by atoms with van der Waals surface area (Å²) in [6.07, 6.45) is 1.68. The number of rotatable bonds is 5. The van der Waals surface area contributed by atoms with Crippen LogP contribution in [0.2, 0.25) is 0 Å². The van der Waals surface area contributed by atoms with E-state index in [1.807, 2.05) is 25.1 Å². The summed E-state index contributed by atoms with van der Waals surface area (Å²) >= 11 is 0. The van der Waals surface area contributed by atoms with Crippen LogP contribution in [-0.4, -0.2) is 20.7 Å². The molecular formula is C18H17FN4O. The van der Waals surface area contributed by atoms with E-state index in [1.54, 1.807) is 29.1 Å². The van der Waals surface area contributed by atoms with E-state index in [0.717, 1.165) is 5.69 Å². The molecule has 0 fully saturated rings. The lowest BCUT2D eigenvalue weighted by atomic mass is 10.1. The van der Waals surface area contributed by atoms with Gasteiger partial charge < -0.3 is 5.32 Å². The number of carbonyl (C=O) groups is 1. The molecule has 0 saturated heterocycles. The Labute approximate surface area is 139 Å². The molecule has 0 radical (unpaired) electrons. The highest BCUT2D eigenvalue weighted by Crippen LogP contribution is 2.21. The second-order valence-electron chi connectivity index (χ2n) is 5.24. The van der Waals surface area contributed by atoms with Gasteiger partial charge in [-0.1, -0.05) is 18.2 Å². The third-order valence-electron chi connectivity index (χ3n) is 3.59. The fourth-order valence-electron chi connectivity index (χ4n) is 2.41. The number of pyridine rings is 1. The van der Waals surface area contributed by atoms with Gasteiger partial charge in [-0.2, -0.15) is 5.10 Å². The number of nitrogens with zero attached hydrogens (tertiary/aromatic N) is 3. The number of carbonyl (C=O) groups excluding carboxylic acids is 1. The van der Waals surface area contributed by atoms with E-state index >= 15 is 0 Å². The van der Waals surface area contributed by atoms with Gasteiger partial charge in [-0.05, 0) is 37.3 Å². The van der Waals surface area contributed by atoms with Crippen LogP contribution in [0.25, 0.3) is 11.3 Å². The van der Waals surface area contributed by atoms with Gasteiger partial charge >= 0.3 is 0 Å². The normalized spacial score (nSPS) is 10.6. The Morgan fingerprint density at radius 3 is 2.79 bits per heavy atom. The third-order valence-corrected chi connectivity index (χ3v) is 3.59. The maximum atomic E-state index is 13.4. The van der Waals surface area contributed by atoms with Gasteiger partial charge in [-0.15, -0.1) is 0 Å². The smallest absolute Gasteiger partial charge is 0.272 e. The molecule has 3 aromatic rings. The molecule has 6 heteroatoms. The number of aryl methyl sites for hydroxylation is 1. The van der Waals surface area contributed by atoms with Gasteiger partial charge in [0.05, 0.1) is 17.9 Å². The minimum Gasteiger partial charge on any atom is -0.345 e. The zero-order valence-electron chi connectivity index (χ0n) is 13.2. The highest BCUT2D eigenvalue weighted by molar-refractivity contribution is 5.93. The summed E-state index contributed by atoms with van der Waals surface area (Å²) in [7, 11) is 0. The topological polar surface area (TPSA) is 59.8 Å². The predicted molar refractivity (Wildman–Crippen MR) is 88.7 cm³/mol. The number of aromatic nitrogens is 3. The summed E-state index contributed by atoms with van der Waals surface area (Å²) in [6, 6.07) is 13.4. The minimum absolute atomic E-state index is 0.287. The molecule has 0 bridgehead atoms. The number of benzene rings is 1. The van der Waals surface area contributed by atoms with Crippen molar-refractivity contribution in [2.24, 2.45) is 0 Å². The van der Waals surface area contributed by atoms with Gasteiger partial charge in [0.2, 0.25) is 0 Å². The largest absolute Gasteiger partial charge is 0.345 e. The molecule has 0 aliphatic carbocycles. The van der Waals surface area contributed by atoms with E-state index in [0.29, 0.717) is 30.0 Å². The van der Waals surface area contributed by atoms with Crippen LogP contribution >= 0.6 is 0 Å². The van der Waals surface area contributed by atoms with Crippen molar-refractivity contribution in [2.45, 2.75) is 20.0 Å². The molecule has 1 N–H and O–H groups in total. The van der Waals surface area contributed by atoms with E-state index in [-0.39, 0.29) is 11.7 Å². The maximum absolute atomic E-state index is 13.4. The molecule has 0 aliphatic heterocycles. The Kier molecular flexibility index (Phi) is 4.65. The first-order valence-electron chi connectivity index (χ1n) is 7.69. The van der Waals surface area contributed by atoms with Crippen LogP contribution in [0.1, 0.15) is 23.1 Å². The minimum atomic E-state index is -0.322. The SMILES string of the molecule is CCn1nc(C(=O)NCc2ccccn2)cc1-c1cccc(F)c1. The molecule has 2 aromatic heterocycles. The number of halogens is 1. The average molecular weight is 324 g/mol. The van der Waals surface area contributed by atoms with Crippen LogP contribution in [0.15, 0.2) is 54.7 Å². The van der Waals surface area contributed by atoms with Crippen molar-refractivity contribution in [1.29, 1.82) is 0 Å². The van der Waals surface area contributed by atoms with Crippen molar-refractivity contribution in [3.8, 4) is 11.3 Å². The highest BCUT2D eigenvalue weighted by atomic mass is 19.1. The van der Waals surface area contributed by atoms with Gasteiger partial charge in [0.15, 0.2) is 5.69 Å². The van der Waals surface area contributed by atoms with Gasteiger partial charge in [0, 0.05) is 18.3 Å². The molecule has 0 atom stereocenters. The fraction of sp³-hybridized carbons (Fsp3) is 0.167. The average Bonchev–Trinajstić information content (AvgIpc) is 3.05. The van der Waals surface area contributed by atoms with E-state index in [2.05, 4.69) is 15.4 Å². The lowest BCUT2D eigenvalue weighted by Gasteiger charge is -2.04. The van der Waals surface area contributed by atoms with Gasteiger partial charge in [0.1, 0.15) is 5.82 Å². The Hall–Kier alpha value is -3.02. The highest BCUT2D eigenvalue weighted by Gasteiger charge is 2.15. The second-order valence-corrected chi connectivity index (χ2v) is 5.24. The van der Waals surface area contributed by atoms with Crippen molar-refractivity contribution in [1.82, 2.24) is 20.1 Å². The van der Waals surface area contributed by atoms with E-state index < -0.39 is 0 Å². The summed E-state index contributed by atoms with van der Waals surface area (Å²) in [5, 5.41) is 7.10. The zero-order valence-corrected chi connectivity index (χ0v) is 13.2. The molecule has 5 nitrogen and oxygen atoms in total. The summed E-state index contributed by atoms with van der Waals surface area (Å²) < 4.78 is 15.1. The van der Waals surface area contributed by atoms with Crippen molar-refractivity contribution in [2.75, 3.05) is 0 Å². The van der Waals surface area contributed by atoms with Crippen LogP contribution in [0.5, 0.6) is 0 Å². The number of hydrogen-bond acceptors (Lipinski definition) is 3. The maximum Gasteiger partial charge on any atom is 0.272 e. The van der Waals surface area contributed by atoms with Crippen LogP contribution in [0.3, 0.4) is 0 Å². The van der Waals surface area contributed by atoms with Crippen molar-refractivity contribution < 1.29 is 9.18 Å². The monoisotopic (exact) mass is 324 g/mol. The van der Waals surface area contributed by atoms with Crippen LogP contribution < -0.4 is 5.32 Å². The van der Waals surface area contributed by atoms with Crippen molar-refractivity contribution in [3.63, 3.8) is 0 Å². The Morgan fingerprint density at radius 1 is 1.21 bits per heavy atom. The standard InChI is InChI=1S/C18H17FN4O/c1-2-23-17(13-6-5-7-14(19)10-13)11-16(22-23)18(24)21-12-15-8-3-4-9-20-15/h3-11H,2,12H2,1H3,(H,21,24). The van der Waals surface area contributed by atoms with Crippen molar-refractivity contribution in [3.05, 3.63) is 71.9 Å². The second kappa shape index (κ2) is 7.04. The van der Waals surface area contributed by atoms with Crippen LogP contribution in [-0.2, 0) is 13.1 Å². The molecular weight excluding hydrogens is 307 g/mol. The lowest BCUT2D eigenvalue weighted by Crippen LogP contribution is -2.23. The molecule has 1 aromatic carbocycles.